The van der Waals surface area contributed by atoms with Gasteiger partial charge in [-0.3, -0.25) is 4.98 Å². The first-order valence-corrected chi connectivity index (χ1v) is 17.4. The molecule has 0 unspecified atom stereocenters. The third-order valence-electron chi connectivity index (χ3n) is 9.43. The van der Waals surface area contributed by atoms with Gasteiger partial charge in [0.25, 0.3) is 0 Å². The molecule has 4 nitrogen and oxygen atoms in total. The zero-order valence-electron chi connectivity index (χ0n) is 26.7. The van der Waals surface area contributed by atoms with Gasteiger partial charge in [-0.25, -0.2) is 9.97 Å². The molecular formula is C45H27N3OS. The van der Waals surface area contributed by atoms with Crippen molar-refractivity contribution in [2.24, 2.45) is 0 Å². The van der Waals surface area contributed by atoms with E-state index in [0.29, 0.717) is 5.82 Å². The first-order valence-electron chi connectivity index (χ1n) is 16.6. The lowest BCUT2D eigenvalue weighted by atomic mass is 9.99. The number of hydrogen-bond acceptors (Lipinski definition) is 5. The molecule has 4 heterocycles. The summed E-state index contributed by atoms with van der Waals surface area (Å²) in [4.78, 5) is 14.8. The Kier molecular flexibility index (Phi) is 6.64. The molecule has 6 aromatic carbocycles. The summed E-state index contributed by atoms with van der Waals surface area (Å²) < 4.78 is 8.76. The van der Waals surface area contributed by atoms with E-state index in [1.165, 1.54) is 31.3 Å². The molecule has 0 bridgehead atoms. The number of nitrogens with zero attached hydrogens (tertiary/aromatic N) is 3. The molecule has 0 aliphatic carbocycles. The van der Waals surface area contributed by atoms with E-state index in [9.17, 15) is 0 Å². The maximum Gasteiger partial charge on any atom is 0.161 e. The molecule has 5 heteroatoms. The van der Waals surface area contributed by atoms with Crippen LogP contribution < -0.4 is 0 Å². The van der Waals surface area contributed by atoms with Crippen LogP contribution in [0, 0.1) is 0 Å². The first-order chi connectivity index (χ1) is 24.7. The SMILES string of the molecule is c1cncc(-c2ccccc2-c2nc(-c3ccc(-c4ccc5c(c4)sc4ccccc45)cc3)cc(-c3ccc4oc5ccccc5c4c3)n2)c1. The van der Waals surface area contributed by atoms with Crippen LogP contribution in [-0.4, -0.2) is 15.0 Å². The Morgan fingerprint density at radius 1 is 0.420 bits per heavy atom. The highest BCUT2D eigenvalue weighted by Gasteiger charge is 2.16. The van der Waals surface area contributed by atoms with Crippen molar-refractivity contribution in [3.8, 4) is 56.2 Å². The standard InChI is InChI=1S/C45H27N3OS/c1-2-12-37(33(9-1)32-8-7-23-46-27-32)45-47-39(26-40(48-45)31-20-22-42-38(24-31)34-10-3-5-13-41(34)49-42)29-17-15-28(16-18-29)30-19-21-36-35-11-4-6-14-43(35)50-44(36)25-30/h1-27H. The van der Waals surface area contributed by atoms with Gasteiger partial charge in [-0.1, -0.05) is 103 Å². The lowest BCUT2D eigenvalue weighted by Crippen LogP contribution is -1.97. The first kappa shape index (κ1) is 28.6. The molecule has 0 saturated carbocycles. The van der Waals surface area contributed by atoms with E-state index in [1.807, 2.05) is 60.0 Å². The minimum absolute atomic E-state index is 0.661. The number of hydrogen-bond donors (Lipinski definition) is 0. The Bertz CT molecular complexity index is 2870. The summed E-state index contributed by atoms with van der Waals surface area (Å²) >= 11 is 1.84. The van der Waals surface area contributed by atoms with Gasteiger partial charge in [-0.2, -0.15) is 0 Å². The summed E-state index contributed by atoms with van der Waals surface area (Å²) in [6.45, 7) is 0. The van der Waals surface area contributed by atoms with Gasteiger partial charge in [-0.05, 0) is 65.2 Å². The number of rotatable bonds is 5. The average Bonchev–Trinajstić information content (AvgIpc) is 3.76. The number of benzene rings is 6. The highest BCUT2D eigenvalue weighted by atomic mass is 32.1. The van der Waals surface area contributed by atoms with Gasteiger partial charge < -0.3 is 4.42 Å². The Morgan fingerprint density at radius 3 is 1.96 bits per heavy atom. The van der Waals surface area contributed by atoms with E-state index < -0.39 is 0 Å². The highest BCUT2D eigenvalue weighted by molar-refractivity contribution is 7.25. The molecule has 0 radical (unpaired) electrons. The maximum absolute atomic E-state index is 6.14. The Hall–Kier alpha value is -6.43. The number of furan rings is 1. The van der Waals surface area contributed by atoms with Crippen LogP contribution in [0.5, 0.6) is 0 Å². The van der Waals surface area contributed by atoms with E-state index in [4.69, 9.17) is 14.4 Å². The second-order valence-electron chi connectivity index (χ2n) is 12.4. The van der Waals surface area contributed by atoms with Crippen LogP contribution in [0.2, 0.25) is 0 Å². The van der Waals surface area contributed by atoms with Crippen LogP contribution in [0.3, 0.4) is 0 Å². The largest absolute Gasteiger partial charge is 0.456 e. The van der Waals surface area contributed by atoms with E-state index in [2.05, 4.69) is 114 Å². The van der Waals surface area contributed by atoms with Crippen molar-refractivity contribution in [1.82, 2.24) is 15.0 Å². The fraction of sp³-hybridized carbons (Fsp3) is 0. The third kappa shape index (κ3) is 4.87. The average molecular weight is 658 g/mol. The predicted molar refractivity (Wildman–Crippen MR) is 207 cm³/mol. The molecule has 0 saturated heterocycles. The molecule has 4 aromatic heterocycles. The van der Waals surface area contributed by atoms with E-state index in [0.717, 1.165) is 61.1 Å². The lowest BCUT2D eigenvalue weighted by molar-refractivity contribution is 0.669. The van der Waals surface area contributed by atoms with Crippen molar-refractivity contribution in [2.75, 3.05) is 0 Å². The normalized spacial score (nSPS) is 11.6. The van der Waals surface area contributed by atoms with Crippen molar-refractivity contribution in [1.29, 1.82) is 0 Å². The predicted octanol–water partition coefficient (Wildman–Crippen LogP) is 12.5. The molecule has 234 valence electrons. The van der Waals surface area contributed by atoms with Crippen LogP contribution in [0.4, 0.5) is 0 Å². The van der Waals surface area contributed by atoms with Crippen LogP contribution >= 0.6 is 11.3 Å². The van der Waals surface area contributed by atoms with Crippen molar-refractivity contribution in [3.63, 3.8) is 0 Å². The van der Waals surface area contributed by atoms with Gasteiger partial charge in [0.1, 0.15) is 11.2 Å². The Balaban J connectivity index is 1.11. The van der Waals surface area contributed by atoms with E-state index >= 15 is 0 Å². The molecule has 0 fully saturated rings. The summed E-state index contributed by atoms with van der Waals surface area (Å²) in [5.74, 6) is 0.661. The molecule has 0 N–H and O–H groups in total. The van der Waals surface area contributed by atoms with Gasteiger partial charge in [-0.15, -0.1) is 11.3 Å². The summed E-state index contributed by atoms with van der Waals surface area (Å²) in [6.07, 6.45) is 3.68. The summed E-state index contributed by atoms with van der Waals surface area (Å²) in [5, 5.41) is 4.77. The molecule has 0 spiro atoms. The van der Waals surface area contributed by atoms with E-state index in [1.54, 1.807) is 6.20 Å². The zero-order valence-corrected chi connectivity index (χ0v) is 27.6. The Morgan fingerprint density at radius 2 is 1.10 bits per heavy atom. The second-order valence-corrected chi connectivity index (χ2v) is 13.5. The number of fused-ring (bicyclic) bond motifs is 6. The minimum atomic E-state index is 0.661. The third-order valence-corrected chi connectivity index (χ3v) is 10.6. The maximum atomic E-state index is 6.14. The van der Waals surface area contributed by atoms with Gasteiger partial charge in [0.15, 0.2) is 5.82 Å². The summed E-state index contributed by atoms with van der Waals surface area (Å²) in [6, 6.07) is 53.0. The number of para-hydroxylation sites is 1. The van der Waals surface area contributed by atoms with Crippen molar-refractivity contribution in [3.05, 3.63) is 164 Å². The lowest BCUT2D eigenvalue weighted by Gasteiger charge is -2.13. The summed E-state index contributed by atoms with van der Waals surface area (Å²) in [5.41, 5.74) is 10.8. The van der Waals surface area contributed by atoms with Crippen LogP contribution in [0.15, 0.2) is 168 Å². The monoisotopic (exact) mass is 657 g/mol. The zero-order chi connectivity index (χ0) is 33.0. The molecule has 0 amide bonds. The molecule has 50 heavy (non-hydrogen) atoms. The summed E-state index contributed by atoms with van der Waals surface area (Å²) in [7, 11) is 0. The van der Waals surface area contributed by atoms with Crippen LogP contribution in [-0.2, 0) is 0 Å². The fourth-order valence-electron chi connectivity index (χ4n) is 6.94. The van der Waals surface area contributed by atoms with Gasteiger partial charge in [0, 0.05) is 65.6 Å². The van der Waals surface area contributed by atoms with Gasteiger partial charge >= 0.3 is 0 Å². The quantitative estimate of drug-likeness (QED) is 0.185. The van der Waals surface area contributed by atoms with E-state index in [-0.39, 0.29) is 0 Å². The van der Waals surface area contributed by atoms with Crippen molar-refractivity contribution < 1.29 is 4.42 Å². The van der Waals surface area contributed by atoms with Crippen molar-refractivity contribution in [2.45, 2.75) is 0 Å². The number of thiophene rings is 1. The fourth-order valence-corrected chi connectivity index (χ4v) is 8.09. The second kappa shape index (κ2) is 11.6. The van der Waals surface area contributed by atoms with Crippen LogP contribution in [0.1, 0.15) is 0 Å². The number of pyridine rings is 1. The van der Waals surface area contributed by atoms with Gasteiger partial charge in [0.2, 0.25) is 0 Å². The molecule has 10 rings (SSSR count). The smallest absolute Gasteiger partial charge is 0.161 e. The molecule has 0 atom stereocenters. The molecule has 10 aromatic rings. The number of aromatic nitrogens is 3. The van der Waals surface area contributed by atoms with Gasteiger partial charge in [0.05, 0.1) is 11.4 Å². The molecule has 0 aliphatic rings. The highest BCUT2D eigenvalue weighted by Crippen LogP contribution is 2.38. The van der Waals surface area contributed by atoms with Crippen molar-refractivity contribution >= 4 is 53.4 Å². The topological polar surface area (TPSA) is 51.8 Å². The molecule has 0 aliphatic heterocycles. The Labute approximate surface area is 292 Å². The molecular weight excluding hydrogens is 631 g/mol. The van der Waals surface area contributed by atoms with Crippen LogP contribution in [0.25, 0.3) is 98.3 Å². The minimum Gasteiger partial charge on any atom is -0.456 e.